The fourth-order valence-electron chi connectivity index (χ4n) is 5.04. The number of fused-ring (bicyclic) bond motifs is 1. The molecule has 4 aromatic carbocycles. The molecule has 0 saturated heterocycles. The number of carbonyl (C=O) groups is 4. The van der Waals surface area contributed by atoms with Crippen LogP contribution in [0.4, 0.5) is 33.2 Å². The molecule has 0 aromatic heterocycles. The van der Waals surface area contributed by atoms with Crippen LogP contribution in [0.2, 0.25) is 0 Å². The van der Waals surface area contributed by atoms with Gasteiger partial charge in [0, 0.05) is 17.4 Å². The van der Waals surface area contributed by atoms with E-state index < -0.39 is 30.4 Å². The van der Waals surface area contributed by atoms with Crippen LogP contribution in [0.1, 0.15) is 13.8 Å². The number of amides is 5. The minimum absolute atomic E-state index is 0.0965. The van der Waals surface area contributed by atoms with Crippen LogP contribution in [-0.4, -0.2) is 47.5 Å². The molecule has 5 amide bonds. The van der Waals surface area contributed by atoms with Crippen LogP contribution in [-0.2, 0) is 14.4 Å². The number of phenolic OH excluding ortho intramolecular Hbond substituents is 1. The number of urea groups is 1. The van der Waals surface area contributed by atoms with Gasteiger partial charge in [0.1, 0.15) is 12.3 Å². The van der Waals surface area contributed by atoms with Gasteiger partial charge in [-0.3, -0.25) is 24.2 Å². The molecule has 0 bridgehead atoms. The second-order valence-corrected chi connectivity index (χ2v) is 10.2. The SMILES string of the molecule is CC(C)N(C(=O)CN1C(=O)C(NC(=O)Nc2ccccc2O)C(=O)N(c2ccccc2)c2ccccc21)c1ccccc1. The molecule has 1 aliphatic heterocycles. The second kappa shape index (κ2) is 12.5. The maximum Gasteiger partial charge on any atom is 0.320 e. The summed E-state index contributed by atoms with van der Waals surface area (Å²) in [5, 5.41) is 15.1. The summed E-state index contributed by atoms with van der Waals surface area (Å²) >= 11 is 0. The van der Waals surface area contributed by atoms with Crippen LogP contribution >= 0.6 is 0 Å². The van der Waals surface area contributed by atoms with Crippen molar-refractivity contribution < 1.29 is 24.3 Å². The van der Waals surface area contributed by atoms with Gasteiger partial charge in [0.25, 0.3) is 11.8 Å². The Morgan fingerprint density at radius 1 is 0.791 bits per heavy atom. The van der Waals surface area contributed by atoms with Crippen molar-refractivity contribution in [2.75, 3.05) is 26.6 Å². The third kappa shape index (κ3) is 6.03. The third-order valence-electron chi connectivity index (χ3n) is 6.95. The van der Waals surface area contributed by atoms with Crippen LogP contribution in [0.5, 0.6) is 5.75 Å². The lowest BCUT2D eigenvalue weighted by Gasteiger charge is -2.31. The number of phenols is 1. The first-order valence-electron chi connectivity index (χ1n) is 13.8. The average molecular weight is 578 g/mol. The standard InChI is InChI=1S/C33H31N5O5/c1-22(2)37(23-13-5-3-6-14-23)29(40)21-36-26-18-10-11-19-27(26)38(24-15-7-4-8-16-24)32(42)30(31(36)41)35-33(43)34-25-17-9-12-20-28(25)39/h3-20,22,30,39H,21H2,1-2H3,(H2,34,35,43). The molecule has 0 radical (unpaired) electrons. The molecule has 43 heavy (non-hydrogen) atoms. The van der Waals surface area contributed by atoms with Crippen molar-refractivity contribution in [1.29, 1.82) is 0 Å². The summed E-state index contributed by atoms with van der Waals surface area (Å²) in [7, 11) is 0. The predicted molar refractivity (Wildman–Crippen MR) is 165 cm³/mol. The minimum atomic E-state index is -1.70. The Labute approximate surface area is 249 Å². The van der Waals surface area contributed by atoms with Crippen LogP contribution in [0.25, 0.3) is 0 Å². The van der Waals surface area contributed by atoms with Crippen LogP contribution in [0.15, 0.2) is 109 Å². The number of anilines is 5. The number of hydrogen-bond donors (Lipinski definition) is 3. The van der Waals surface area contributed by atoms with Crippen molar-refractivity contribution in [3.63, 3.8) is 0 Å². The maximum atomic E-state index is 14.2. The molecule has 1 heterocycles. The van der Waals surface area contributed by atoms with E-state index in [2.05, 4.69) is 10.6 Å². The van der Waals surface area contributed by atoms with E-state index in [1.807, 2.05) is 44.2 Å². The molecule has 10 nitrogen and oxygen atoms in total. The van der Waals surface area contributed by atoms with Gasteiger partial charge in [0.15, 0.2) is 6.04 Å². The Morgan fingerprint density at radius 2 is 1.37 bits per heavy atom. The van der Waals surface area contributed by atoms with Crippen molar-refractivity contribution in [2.45, 2.75) is 25.9 Å². The molecule has 4 aromatic rings. The van der Waals surface area contributed by atoms with Crippen molar-refractivity contribution in [2.24, 2.45) is 0 Å². The third-order valence-corrected chi connectivity index (χ3v) is 6.95. The molecule has 1 atom stereocenters. The van der Waals surface area contributed by atoms with Crippen molar-refractivity contribution in [1.82, 2.24) is 5.32 Å². The summed E-state index contributed by atoms with van der Waals surface area (Å²) in [5.74, 6) is -2.05. The van der Waals surface area contributed by atoms with Gasteiger partial charge in [-0.2, -0.15) is 0 Å². The highest BCUT2D eigenvalue weighted by molar-refractivity contribution is 6.25. The first kappa shape index (κ1) is 28.9. The maximum absolute atomic E-state index is 14.2. The van der Waals surface area contributed by atoms with Gasteiger partial charge in [-0.25, -0.2) is 4.79 Å². The van der Waals surface area contributed by atoms with Crippen LogP contribution < -0.4 is 25.3 Å². The van der Waals surface area contributed by atoms with Gasteiger partial charge in [0.05, 0.1) is 17.1 Å². The topological polar surface area (TPSA) is 122 Å². The van der Waals surface area contributed by atoms with E-state index in [4.69, 9.17) is 0 Å². The van der Waals surface area contributed by atoms with Gasteiger partial charge >= 0.3 is 6.03 Å². The number of nitrogens with one attached hydrogen (secondary N) is 2. The number of rotatable bonds is 7. The Balaban J connectivity index is 1.56. The number of hydrogen-bond acceptors (Lipinski definition) is 5. The molecule has 1 aliphatic rings. The van der Waals surface area contributed by atoms with E-state index in [0.29, 0.717) is 22.7 Å². The van der Waals surface area contributed by atoms with Crippen molar-refractivity contribution in [3.05, 3.63) is 109 Å². The fraction of sp³-hybridized carbons (Fsp3) is 0.152. The first-order chi connectivity index (χ1) is 20.8. The number of aromatic hydroxyl groups is 1. The average Bonchev–Trinajstić information content (AvgIpc) is 3.08. The van der Waals surface area contributed by atoms with Gasteiger partial charge in [-0.1, -0.05) is 60.7 Å². The summed E-state index contributed by atoms with van der Waals surface area (Å²) in [5.41, 5.74) is 1.94. The summed E-state index contributed by atoms with van der Waals surface area (Å²) < 4.78 is 0. The van der Waals surface area contributed by atoms with E-state index in [1.165, 1.54) is 21.9 Å². The number of nitrogens with zero attached hydrogens (tertiary/aromatic N) is 3. The van der Waals surface area contributed by atoms with Crippen LogP contribution in [0, 0.1) is 0 Å². The largest absolute Gasteiger partial charge is 0.506 e. The van der Waals surface area contributed by atoms with E-state index in [9.17, 15) is 24.3 Å². The highest BCUT2D eigenvalue weighted by Crippen LogP contribution is 2.38. The summed E-state index contributed by atoms with van der Waals surface area (Å²) in [6.45, 7) is 3.35. The molecule has 0 spiro atoms. The Morgan fingerprint density at radius 3 is 2.02 bits per heavy atom. The summed E-state index contributed by atoms with van der Waals surface area (Å²) in [6.07, 6.45) is 0. The monoisotopic (exact) mass is 577 g/mol. The molecule has 218 valence electrons. The summed E-state index contributed by atoms with van der Waals surface area (Å²) in [4.78, 5) is 59.6. The van der Waals surface area contributed by atoms with Crippen molar-refractivity contribution >= 4 is 52.2 Å². The quantitative estimate of drug-likeness (QED) is 0.210. The zero-order chi connectivity index (χ0) is 30.5. The molecular formula is C33H31N5O5. The highest BCUT2D eigenvalue weighted by atomic mass is 16.3. The Hall–Kier alpha value is -5.64. The van der Waals surface area contributed by atoms with E-state index in [0.717, 1.165) is 0 Å². The van der Waals surface area contributed by atoms with Crippen molar-refractivity contribution in [3.8, 4) is 5.75 Å². The molecule has 1 unspecified atom stereocenters. The number of para-hydroxylation sites is 6. The second-order valence-electron chi connectivity index (χ2n) is 10.2. The molecule has 0 saturated carbocycles. The van der Waals surface area contributed by atoms with Gasteiger partial charge in [-0.05, 0) is 62.4 Å². The molecule has 5 rings (SSSR count). The lowest BCUT2D eigenvalue weighted by atomic mass is 10.2. The number of carbonyl (C=O) groups excluding carboxylic acids is 4. The molecule has 0 fully saturated rings. The van der Waals surface area contributed by atoms with Crippen LogP contribution in [0.3, 0.4) is 0 Å². The smallest absolute Gasteiger partial charge is 0.320 e. The highest BCUT2D eigenvalue weighted by Gasteiger charge is 2.43. The normalized spacial score (nSPS) is 14.6. The fourth-order valence-corrected chi connectivity index (χ4v) is 5.04. The molecule has 0 aliphatic carbocycles. The zero-order valence-electron chi connectivity index (χ0n) is 23.7. The Bertz CT molecular complexity index is 1640. The molecule has 10 heteroatoms. The van der Waals surface area contributed by atoms with Gasteiger partial charge in [0.2, 0.25) is 5.91 Å². The Kier molecular flexibility index (Phi) is 8.38. The summed E-state index contributed by atoms with van der Waals surface area (Å²) in [6, 6.07) is 27.9. The van der Waals surface area contributed by atoms with Gasteiger partial charge < -0.3 is 20.6 Å². The van der Waals surface area contributed by atoms with E-state index in [-0.39, 0.29) is 23.4 Å². The van der Waals surface area contributed by atoms with Gasteiger partial charge in [-0.15, -0.1) is 0 Å². The molecular weight excluding hydrogens is 546 g/mol. The predicted octanol–water partition coefficient (Wildman–Crippen LogP) is 5.04. The minimum Gasteiger partial charge on any atom is -0.506 e. The lowest BCUT2D eigenvalue weighted by molar-refractivity contribution is -0.129. The number of benzene rings is 4. The van der Waals surface area contributed by atoms with E-state index in [1.54, 1.807) is 71.6 Å². The first-order valence-corrected chi connectivity index (χ1v) is 13.8. The lowest BCUT2D eigenvalue weighted by Crippen LogP contribution is -2.57. The zero-order valence-corrected chi connectivity index (χ0v) is 23.7. The molecule has 3 N–H and O–H groups in total. The van der Waals surface area contributed by atoms with E-state index >= 15 is 0 Å².